The van der Waals surface area contributed by atoms with Crippen LogP contribution in [0.5, 0.6) is 0 Å². The van der Waals surface area contributed by atoms with Gasteiger partial charge >= 0.3 is 0 Å². The van der Waals surface area contributed by atoms with Gasteiger partial charge in [0.2, 0.25) is 0 Å². The molecule has 0 aromatic carbocycles. The summed E-state index contributed by atoms with van der Waals surface area (Å²) in [4.78, 5) is 6.46. The van der Waals surface area contributed by atoms with Gasteiger partial charge in [0.25, 0.3) is 0 Å². The molecule has 0 bridgehead atoms. The van der Waals surface area contributed by atoms with E-state index in [2.05, 4.69) is 29.0 Å². The van der Waals surface area contributed by atoms with E-state index >= 15 is 0 Å². The minimum Gasteiger partial charge on any atom is -0.311 e. The molecule has 1 fully saturated rings. The van der Waals surface area contributed by atoms with E-state index in [0.29, 0.717) is 12.1 Å². The lowest BCUT2D eigenvalue weighted by molar-refractivity contribution is 0.111. The van der Waals surface area contributed by atoms with Crippen molar-refractivity contribution in [1.82, 2.24) is 15.2 Å². The Balaban J connectivity index is 2.02. The molecule has 0 radical (unpaired) electrons. The highest BCUT2D eigenvalue weighted by Gasteiger charge is 2.26. The number of hydrogen-bond donors (Lipinski definition) is 1. The van der Waals surface area contributed by atoms with Crippen LogP contribution in [-0.2, 0) is 6.54 Å². The molecule has 2 unspecified atom stereocenters. The third-order valence-corrected chi connectivity index (χ3v) is 4.02. The van der Waals surface area contributed by atoms with Crippen molar-refractivity contribution in [3.8, 4) is 0 Å². The van der Waals surface area contributed by atoms with Crippen LogP contribution in [0, 0.1) is 5.82 Å². The maximum absolute atomic E-state index is 13.3. The van der Waals surface area contributed by atoms with Crippen molar-refractivity contribution in [2.75, 3.05) is 13.1 Å². The lowest BCUT2D eigenvalue weighted by Gasteiger charge is -2.40. The molecule has 3 nitrogen and oxygen atoms in total. The van der Waals surface area contributed by atoms with Gasteiger partial charge in [-0.05, 0) is 24.5 Å². The van der Waals surface area contributed by atoms with E-state index in [1.165, 1.54) is 31.9 Å². The van der Waals surface area contributed by atoms with Crippen molar-refractivity contribution in [2.45, 2.75) is 58.2 Å². The highest BCUT2D eigenvalue weighted by Crippen LogP contribution is 2.18. The van der Waals surface area contributed by atoms with E-state index in [4.69, 9.17) is 0 Å². The van der Waals surface area contributed by atoms with Gasteiger partial charge in [-0.2, -0.15) is 0 Å². The summed E-state index contributed by atoms with van der Waals surface area (Å²) in [6.07, 6.45) is 7.83. The van der Waals surface area contributed by atoms with Gasteiger partial charge in [0, 0.05) is 37.9 Å². The number of pyridine rings is 1. The molecule has 2 rings (SSSR count). The predicted molar refractivity (Wildman–Crippen MR) is 80.0 cm³/mol. The van der Waals surface area contributed by atoms with E-state index in [9.17, 15) is 4.39 Å². The van der Waals surface area contributed by atoms with E-state index < -0.39 is 0 Å². The first-order valence-electron chi connectivity index (χ1n) is 7.79. The fourth-order valence-electron chi connectivity index (χ4n) is 3.06. The van der Waals surface area contributed by atoms with Crippen molar-refractivity contribution in [2.24, 2.45) is 0 Å². The molecular weight excluding hydrogens is 253 g/mol. The molecule has 0 saturated carbocycles. The Kier molecular flexibility index (Phi) is 5.92. The minimum atomic E-state index is -0.241. The molecule has 20 heavy (non-hydrogen) atoms. The normalized spacial score (nSPS) is 23.9. The quantitative estimate of drug-likeness (QED) is 0.867. The van der Waals surface area contributed by atoms with Crippen LogP contribution < -0.4 is 5.32 Å². The Morgan fingerprint density at radius 2 is 2.10 bits per heavy atom. The van der Waals surface area contributed by atoms with E-state index in [1.54, 1.807) is 12.3 Å². The molecule has 2 atom stereocenters. The number of nitrogens with zero attached hydrogens (tertiary/aromatic N) is 2. The molecule has 1 aromatic heterocycles. The van der Waals surface area contributed by atoms with E-state index in [-0.39, 0.29) is 5.82 Å². The van der Waals surface area contributed by atoms with Crippen LogP contribution in [0.25, 0.3) is 0 Å². The van der Waals surface area contributed by atoms with Crippen molar-refractivity contribution in [1.29, 1.82) is 0 Å². The number of nitrogens with one attached hydrogen (secondary N) is 1. The summed E-state index contributed by atoms with van der Waals surface area (Å²) < 4.78 is 13.3. The molecule has 1 aliphatic rings. The molecule has 112 valence electrons. The molecule has 1 aliphatic heterocycles. The summed E-state index contributed by atoms with van der Waals surface area (Å²) in [5, 5.41) is 3.65. The van der Waals surface area contributed by atoms with Gasteiger partial charge in [-0.1, -0.05) is 26.7 Å². The van der Waals surface area contributed by atoms with Crippen molar-refractivity contribution >= 4 is 0 Å². The van der Waals surface area contributed by atoms with Crippen LogP contribution in [-0.4, -0.2) is 35.1 Å². The molecule has 0 amide bonds. The third-order valence-electron chi connectivity index (χ3n) is 4.02. The molecule has 1 aromatic rings. The minimum absolute atomic E-state index is 0.241. The Morgan fingerprint density at radius 3 is 2.80 bits per heavy atom. The molecule has 0 spiro atoms. The number of rotatable bonds is 6. The summed E-state index contributed by atoms with van der Waals surface area (Å²) in [7, 11) is 0. The van der Waals surface area contributed by atoms with Gasteiger partial charge in [0.05, 0.1) is 6.20 Å². The highest BCUT2D eigenvalue weighted by atomic mass is 19.1. The van der Waals surface area contributed by atoms with Gasteiger partial charge in [-0.15, -0.1) is 0 Å². The SMILES string of the molecule is CCCC1CN(Cc2cncc(F)c2)C(CCC)CN1. The molecular formula is C16H26FN3. The Hall–Kier alpha value is -1.00. The first-order chi connectivity index (χ1) is 9.72. The van der Waals surface area contributed by atoms with Gasteiger partial charge in [0.15, 0.2) is 0 Å². The maximum atomic E-state index is 13.3. The fraction of sp³-hybridized carbons (Fsp3) is 0.688. The zero-order chi connectivity index (χ0) is 14.4. The van der Waals surface area contributed by atoms with Crippen LogP contribution in [0.15, 0.2) is 18.5 Å². The van der Waals surface area contributed by atoms with E-state index in [1.807, 2.05) is 0 Å². The zero-order valence-corrected chi connectivity index (χ0v) is 12.6. The Labute approximate surface area is 121 Å². The summed E-state index contributed by atoms with van der Waals surface area (Å²) in [6.45, 7) is 7.34. The van der Waals surface area contributed by atoms with Gasteiger partial charge in [0.1, 0.15) is 5.82 Å². The second kappa shape index (κ2) is 7.70. The molecule has 1 saturated heterocycles. The Morgan fingerprint density at radius 1 is 1.30 bits per heavy atom. The summed E-state index contributed by atoms with van der Waals surface area (Å²) >= 11 is 0. The maximum Gasteiger partial charge on any atom is 0.141 e. The first-order valence-corrected chi connectivity index (χ1v) is 7.79. The largest absolute Gasteiger partial charge is 0.311 e. The van der Waals surface area contributed by atoms with Gasteiger partial charge in [-0.25, -0.2) is 4.39 Å². The Bertz CT molecular complexity index is 410. The van der Waals surface area contributed by atoms with Gasteiger partial charge < -0.3 is 5.32 Å². The standard InChI is InChI=1S/C16H26FN3/c1-3-5-15-12-20(16(6-4-2)10-19-15)11-13-7-14(17)9-18-8-13/h7-9,15-16,19H,3-6,10-12H2,1-2H3. The lowest BCUT2D eigenvalue weighted by Crippen LogP contribution is -2.55. The van der Waals surface area contributed by atoms with Crippen molar-refractivity contribution in [3.05, 3.63) is 29.8 Å². The number of aromatic nitrogens is 1. The predicted octanol–water partition coefficient (Wildman–Crippen LogP) is 2.96. The number of piperazine rings is 1. The smallest absolute Gasteiger partial charge is 0.141 e. The van der Waals surface area contributed by atoms with Crippen molar-refractivity contribution < 1.29 is 4.39 Å². The third kappa shape index (κ3) is 4.25. The zero-order valence-electron chi connectivity index (χ0n) is 12.6. The summed E-state index contributed by atoms with van der Waals surface area (Å²) in [6, 6.07) is 2.72. The highest BCUT2D eigenvalue weighted by molar-refractivity contribution is 5.10. The van der Waals surface area contributed by atoms with Crippen LogP contribution in [0.4, 0.5) is 4.39 Å². The molecule has 1 N–H and O–H groups in total. The number of halogens is 1. The fourth-order valence-corrected chi connectivity index (χ4v) is 3.06. The van der Waals surface area contributed by atoms with E-state index in [0.717, 1.165) is 25.2 Å². The van der Waals surface area contributed by atoms with Crippen LogP contribution >= 0.6 is 0 Å². The monoisotopic (exact) mass is 279 g/mol. The number of hydrogen-bond acceptors (Lipinski definition) is 3. The second-order valence-electron chi connectivity index (χ2n) is 5.78. The average molecular weight is 279 g/mol. The first kappa shape index (κ1) is 15.4. The van der Waals surface area contributed by atoms with Crippen LogP contribution in [0.1, 0.15) is 45.1 Å². The summed E-state index contributed by atoms with van der Waals surface area (Å²) in [5.41, 5.74) is 0.975. The lowest BCUT2D eigenvalue weighted by atomic mass is 10.0. The second-order valence-corrected chi connectivity index (χ2v) is 5.78. The molecule has 4 heteroatoms. The van der Waals surface area contributed by atoms with Crippen LogP contribution in [0.2, 0.25) is 0 Å². The summed E-state index contributed by atoms with van der Waals surface area (Å²) in [5.74, 6) is -0.241. The average Bonchev–Trinajstić information content (AvgIpc) is 2.42. The topological polar surface area (TPSA) is 28.2 Å². The molecule has 2 heterocycles. The van der Waals surface area contributed by atoms with Gasteiger partial charge in [-0.3, -0.25) is 9.88 Å². The molecule has 0 aliphatic carbocycles. The van der Waals surface area contributed by atoms with Crippen LogP contribution in [0.3, 0.4) is 0 Å². The van der Waals surface area contributed by atoms with Crippen molar-refractivity contribution in [3.63, 3.8) is 0 Å².